The van der Waals surface area contributed by atoms with Crippen molar-refractivity contribution >= 4 is 41.2 Å². The molecule has 1 saturated heterocycles. The highest BCUT2D eigenvalue weighted by Gasteiger charge is 2.56. The van der Waals surface area contributed by atoms with Crippen LogP contribution in [0.15, 0.2) is 95.1 Å². The van der Waals surface area contributed by atoms with Crippen LogP contribution < -0.4 is 14.4 Å². The number of amides is 2. The number of carbonyl (C=O) groups excluding carboxylic acids is 4. The van der Waals surface area contributed by atoms with Gasteiger partial charge >= 0.3 is 0 Å². The number of carbonyl (C=O) groups is 4. The zero-order valence-corrected chi connectivity index (χ0v) is 27.2. The van der Waals surface area contributed by atoms with Gasteiger partial charge in [-0.05, 0) is 91.8 Å². The number of phenols is 1. The zero-order chi connectivity index (χ0) is 33.9. The van der Waals surface area contributed by atoms with Crippen molar-refractivity contribution in [2.75, 3.05) is 19.1 Å². The van der Waals surface area contributed by atoms with Crippen molar-refractivity contribution in [3.8, 4) is 17.2 Å². The van der Waals surface area contributed by atoms with Gasteiger partial charge in [-0.25, -0.2) is 0 Å². The lowest BCUT2D eigenvalue weighted by molar-refractivity contribution is -0.123. The molecule has 3 aromatic rings. The SMILES string of the molecule is COc1ccc(OC)c(C=Cc2ccc(N3C(=O)C4CC=C5C(c6ccc(O)c(C)c6)C6=C(CC5C4C3=O)C(=O)C=C(C)C6=O)cc2)c1. The molecule has 0 radical (unpaired) electrons. The molecule has 48 heavy (non-hydrogen) atoms. The van der Waals surface area contributed by atoms with Crippen molar-refractivity contribution in [3.63, 3.8) is 0 Å². The van der Waals surface area contributed by atoms with E-state index in [0.29, 0.717) is 45.9 Å². The summed E-state index contributed by atoms with van der Waals surface area (Å²) in [7, 11) is 3.21. The number of fused-ring (bicyclic) bond motifs is 3. The van der Waals surface area contributed by atoms with Crippen LogP contribution in [0.5, 0.6) is 17.2 Å². The maximum atomic E-state index is 14.3. The monoisotopic (exact) mass is 641 g/mol. The molecule has 4 unspecified atom stereocenters. The topological polar surface area (TPSA) is 110 Å². The number of Topliss-reactive ketones (excluding diaryl/α,β-unsaturated/α-hetero) is 1. The van der Waals surface area contributed by atoms with E-state index in [2.05, 4.69) is 0 Å². The van der Waals surface area contributed by atoms with E-state index in [0.717, 1.165) is 22.3 Å². The number of methoxy groups -OCH3 is 2. The molecule has 0 bridgehead atoms. The van der Waals surface area contributed by atoms with Gasteiger partial charge in [-0.1, -0.05) is 48.1 Å². The third-order valence-corrected chi connectivity index (χ3v) is 10.2. The average molecular weight is 642 g/mol. The number of phenolic OH excluding ortho intramolecular Hbond substituents is 1. The molecule has 1 N–H and O–H groups in total. The minimum atomic E-state index is -0.665. The van der Waals surface area contributed by atoms with Gasteiger partial charge in [0.1, 0.15) is 17.2 Å². The van der Waals surface area contributed by atoms with Gasteiger partial charge in [0, 0.05) is 28.2 Å². The Morgan fingerprint density at radius 3 is 2.33 bits per heavy atom. The number of aryl methyl sites for hydroxylation is 1. The number of allylic oxidation sites excluding steroid dienone is 6. The summed E-state index contributed by atoms with van der Waals surface area (Å²) in [6.45, 7) is 3.43. The van der Waals surface area contributed by atoms with Crippen molar-refractivity contribution in [1.82, 2.24) is 0 Å². The van der Waals surface area contributed by atoms with E-state index in [9.17, 15) is 24.3 Å². The number of imide groups is 1. The molecule has 1 heterocycles. The molecular formula is C40H35NO7. The molecule has 0 aromatic heterocycles. The number of benzene rings is 3. The zero-order valence-electron chi connectivity index (χ0n) is 27.2. The summed E-state index contributed by atoms with van der Waals surface area (Å²) in [5.74, 6) is -1.64. The number of hydrogen-bond acceptors (Lipinski definition) is 7. The molecule has 7 rings (SSSR count). The van der Waals surface area contributed by atoms with Crippen LogP contribution in [0, 0.1) is 24.7 Å². The van der Waals surface area contributed by atoms with Crippen molar-refractivity contribution < 1.29 is 33.8 Å². The quantitative estimate of drug-likeness (QED) is 0.141. The van der Waals surface area contributed by atoms with E-state index in [1.54, 1.807) is 52.3 Å². The third-order valence-electron chi connectivity index (χ3n) is 10.2. The van der Waals surface area contributed by atoms with Crippen molar-refractivity contribution in [2.45, 2.75) is 32.6 Å². The third kappa shape index (κ3) is 4.99. The van der Waals surface area contributed by atoms with Crippen LogP contribution in [0.2, 0.25) is 0 Å². The van der Waals surface area contributed by atoms with Crippen LogP contribution >= 0.6 is 0 Å². The van der Waals surface area contributed by atoms with Crippen LogP contribution in [0.1, 0.15) is 47.9 Å². The van der Waals surface area contributed by atoms with E-state index in [1.165, 1.54) is 11.0 Å². The lowest BCUT2D eigenvalue weighted by Gasteiger charge is -2.42. The molecule has 3 aromatic carbocycles. The van der Waals surface area contributed by atoms with Crippen LogP contribution in [-0.2, 0) is 19.2 Å². The lowest BCUT2D eigenvalue weighted by atomic mass is 9.59. The van der Waals surface area contributed by atoms with Gasteiger partial charge in [0.15, 0.2) is 11.6 Å². The van der Waals surface area contributed by atoms with Gasteiger partial charge in [0.2, 0.25) is 11.8 Å². The van der Waals surface area contributed by atoms with Crippen LogP contribution in [0.4, 0.5) is 5.69 Å². The highest BCUT2D eigenvalue weighted by molar-refractivity contribution is 6.25. The second-order valence-corrected chi connectivity index (χ2v) is 12.8. The average Bonchev–Trinajstić information content (AvgIpc) is 3.35. The molecule has 1 aliphatic heterocycles. The Hall–Kier alpha value is -5.50. The van der Waals surface area contributed by atoms with Gasteiger partial charge < -0.3 is 14.6 Å². The molecule has 3 aliphatic carbocycles. The van der Waals surface area contributed by atoms with E-state index >= 15 is 0 Å². The molecule has 2 amide bonds. The Kier molecular flexibility index (Phi) is 7.74. The Morgan fingerprint density at radius 2 is 1.62 bits per heavy atom. The molecular weight excluding hydrogens is 606 g/mol. The molecule has 4 aliphatic rings. The number of ether oxygens (including phenoxy) is 2. The Labute approximate surface area is 278 Å². The summed E-state index contributed by atoms with van der Waals surface area (Å²) in [4.78, 5) is 56.4. The minimum Gasteiger partial charge on any atom is -0.508 e. The first-order chi connectivity index (χ1) is 23.1. The maximum absolute atomic E-state index is 14.3. The lowest BCUT2D eigenvalue weighted by Crippen LogP contribution is -2.39. The standard InChI is InChI=1S/C40H35NO7/c1-21-17-25(9-15-32(21)42)35-28-13-14-29-36(30(28)20-31-33(43)18-22(2)38(44)37(31)35)40(46)41(39(29)45)26-10-6-23(7-11-26)5-8-24-19-27(47-3)12-16-34(24)48-4/h5-13,15-19,29-30,35-36,42H,14,20H2,1-4H3. The maximum Gasteiger partial charge on any atom is 0.238 e. The Morgan fingerprint density at radius 1 is 0.854 bits per heavy atom. The largest absolute Gasteiger partial charge is 0.508 e. The smallest absolute Gasteiger partial charge is 0.238 e. The van der Waals surface area contributed by atoms with Crippen LogP contribution in [0.3, 0.4) is 0 Å². The minimum absolute atomic E-state index is 0.133. The first kappa shape index (κ1) is 31.1. The van der Waals surface area contributed by atoms with Crippen LogP contribution in [-0.4, -0.2) is 42.7 Å². The Balaban J connectivity index is 1.21. The summed E-state index contributed by atoms with van der Waals surface area (Å²) in [6.07, 6.45) is 7.79. The van der Waals surface area contributed by atoms with Gasteiger partial charge in [-0.2, -0.15) is 0 Å². The Bertz CT molecular complexity index is 2030. The molecule has 4 atom stereocenters. The molecule has 8 nitrogen and oxygen atoms in total. The van der Waals surface area contributed by atoms with Crippen molar-refractivity contribution in [3.05, 3.63) is 117 Å². The van der Waals surface area contributed by atoms with E-state index in [1.807, 2.05) is 54.6 Å². The van der Waals surface area contributed by atoms with E-state index in [-0.39, 0.29) is 35.6 Å². The second kappa shape index (κ2) is 11.9. The first-order valence-electron chi connectivity index (χ1n) is 16.0. The fraction of sp³-hybridized carbons (Fsp3) is 0.250. The van der Waals surface area contributed by atoms with Gasteiger partial charge in [-0.15, -0.1) is 0 Å². The number of ketones is 2. The summed E-state index contributed by atoms with van der Waals surface area (Å²) in [6, 6.07) is 18.0. The fourth-order valence-corrected chi connectivity index (χ4v) is 7.74. The fourth-order valence-electron chi connectivity index (χ4n) is 7.74. The number of aromatic hydroxyl groups is 1. The molecule has 1 fully saturated rings. The first-order valence-corrected chi connectivity index (χ1v) is 16.0. The molecule has 242 valence electrons. The van der Waals surface area contributed by atoms with Crippen LogP contribution in [0.25, 0.3) is 12.2 Å². The number of nitrogens with zero attached hydrogens (tertiary/aromatic N) is 1. The van der Waals surface area contributed by atoms with Crippen molar-refractivity contribution in [2.24, 2.45) is 17.8 Å². The highest BCUT2D eigenvalue weighted by Crippen LogP contribution is 2.55. The number of hydrogen-bond donors (Lipinski definition) is 1. The highest BCUT2D eigenvalue weighted by atomic mass is 16.5. The molecule has 0 spiro atoms. The van der Waals surface area contributed by atoms with Gasteiger partial charge in [-0.3, -0.25) is 24.1 Å². The number of rotatable bonds is 6. The van der Waals surface area contributed by atoms with E-state index in [4.69, 9.17) is 9.47 Å². The summed E-state index contributed by atoms with van der Waals surface area (Å²) in [5, 5.41) is 10.2. The number of anilines is 1. The molecule has 8 heteroatoms. The van der Waals surface area contributed by atoms with E-state index < -0.39 is 23.7 Å². The summed E-state index contributed by atoms with van der Waals surface area (Å²) < 4.78 is 10.8. The normalized spacial score (nSPS) is 23.5. The summed E-state index contributed by atoms with van der Waals surface area (Å²) >= 11 is 0. The molecule has 0 saturated carbocycles. The predicted octanol–water partition coefficient (Wildman–Crippen LogP) is 6.52. The second-order valence-electron chi connectivity index (χ2n) is 12.8. The van der Waals surface area contributed by atoms with Crippen molar-refractivity contribution in [1.29, 1.82) is 0 Å². The summed E-state index contributed by atoms with van der Waals surface area (Å²) in [5.41, 5.74) is 5.72. The van der Waals surface area contributed by atoms with Gasteiger partial charge in [0.05, 0.1) is 31.7 Å². The van der Waals surface area contributed by atoms with Gasteiger partial charge in [0.25, 0.3) is 0 Å². The predicted molar refractivity (Wildman–Crippen MR) is 182 cm³/mol.